The number of rotatable bonds is 2. The Labute approximate surface area is 192 Å². The third kappa shape index (κ3) is 4.28. The molecule has 0 saturated carbocycles. The second-order valence-corrected chi connectivity index (χ2v) is 8.97. The normalized spacial score (nSPS) is 21.8. The van der Waals surface area contributed by atoms with Gasteiger partial charge in [-0.3, -0.25) is 14.5 Å². The Balaban J connectivity index is 1.48. The summed E-state index contributed by atoms with van der Waals surface area (Å²) in [6.45, 7) is 6.70. The van der Waals surface area contributed by atoms with Crippen molar-refractivity contribution >= 4 is 28.5 Å². The number of carbonyl (C=O) groups is 2. The Morgan fingerprint density at radius 3 is 2.79 bits per heavy atom. The predicted octanol–water partition coefficient (Wildman–Crippen LogP) is 2.12. The van der Waals surface area contributed by atoms with E-state index in [1.54, 1.807) is 17.0 Å². The highest BCUT2D eigenvalue weighted by atomic mass is 16.3. The molecule has 0 radical (unpaired) electrons. The molecular formula is C24H28N6O3. The van der Waals surface area contributed by atoms with E-state index in [9.17, 15) is 9.59 Å². The van der Waals surface area contributed by atoms with Crippen molar-refractivity contribution in [2.24, 2.45) is 5.92 Å². The summed E-state index contributed by atoms with van der Waals surface area (Å²) in [5.41, 5.74) is 0.843. The Hall–Kier alpha value is -3.46. The Morgan fingerprint density at radius 1 is 1.15 bits per heavy atom. The lowest BCUT2D eigenvalue weighted by molar-refractivity contribution is -0.123. The van der Waals surface area contributed by atoms with Crippen LogP contribution in [0.5, 0.6) is 0 Å². The van der Waals surface area contributed by atoms with Crippen LogP contribution in [0.2, 0.25) is 0 Å². The topological polar surface area (TPSA) is 104 Å². The number of para-hydroxylation sites is 1. The van der Waals surface area contributed by atoms with Crippen molar-refractivity contribution in [2.45, 2.75) is 32.5 Å². The summed E-state index contributed by atoms with van der Waals surface area (Å²) in [4.78, 5) is 39.7. The molecule has 4 heterocycles. The van der Waals surface area contributed by atoms with E-state index >= 15 is 0 Å². The number of hydrogen-bond acceptors (Lipinski definition) is 7. The first-order valence-electron chi connectivity index (χ1n) is 11.4. The molecule has 9 heteroatoms. The van der Waals surface area contributed by atoms with Gasteiger partial charge in [-0.1, -0.05) is 26.0 Å². The first-order chi connectivity index (χ1) is 16.0. The van der Waals surface area contributed by atoms with E-state index in [1.807, 2.05) is 38.1 Å². The monoisotopic (exact) mass is 448 g/mol. The summed E-state index contributed by atoms with van der Waals surface area (Å²) < 4.78 is 5.31. The van der Waals surface area contributed by atoms with Gasteiger partial charge in [-0.25, -0.2) is 9.97 Å². The number of aromatic nitrogens is 2. The van der Waals surface area contributed by atoms with Crippen molar-refractivity contribution in [2.75, 3.05) is 31.5 Å². The first kappa shape index (κ1) is 21.4. The van der Waals surface area contributed by atoms with Gasteiger partial charge in [0.1, 0.15) is 17.7 Å². The maximum atomic E-state index is 13.2. The van der Waals surface area contributed by atoms with Gasteiger partial charge in [0.25, 0.3) is 5.91 Å². The number of anilines is 1. The van der Waals surface area contributed by atoms with E-state index in [-0.39, 0.29) is 23.8 Å². The molecule has 2 amide bonds. The van der Waals surface area contributed by atoms with E-state index in [1.165, 1.54) is 6.26 Å². The summed E-state index contributed by atoms with van der Waals surface area (Å²) in [5, 5.41) is 7.38. The van der Waals surface area contributed by atoms with Gasteiger partial charge < -0.3 is 20.0 Å². The smallest absolute Gasteiger partial charge is 0.289 e. The fourth-order valence-electron chi connectivity index (χ4n) is 4.53. The van der Waals surface area contributed by atoms with E-state index in [0.717, 1.165) is 10.9 Å². The summed E-state index contributed by atoms with van der Waals surface area (Å²) in [6.07, 6.45) is 1.50. The van der Waals surface area contributed by atoms with Crippen molar-refractivity contribution in [1.82, 2.24) is 25.1 Å². The minimum Gasteiger partial charge on any atom is -0.459 e. The van der Waals surface area contributed by atoms with Crippen molar-refractivity contribution in [3.8, 4) is 0 Å². The highest BCUT2D eigenvalue weighted by Crippen LogP contribution is 2.24. The molecule has 33 heavy (non-hydrogen) atoms. The Morgan fingerprint density at radius 2 is 2.00 bits per heavy atom. The molecule has 0 spiro atoms. The number of piperazine rings is 1. The van der Waals surface area contributed by atoms with Crippen LogP contribution >= 0.6 is 0 Å². The van der Waals surface area contributed by atoms with Gasteiger partial charge >= 0.3 is 0 Å². The molecule has 2 bridgehead atoms. The number of amides is 2. The molecule has 2 aromatic heterocycles. The Kier molecular flexibility index (Phi) is 5.72. The molecule has 5 rings (SSSR count). The summed E-state index contributed by atoms with van der Waals surface area (Å²) in [5.74, 6) is 1.55. The minimum absolute atomic E-state index is 0.0578. The fourth-order valence-corrected chi connectivity index (χ4v) is 4.53. The van der Waals surface area contributed by atoms with Gasteiger partial charge in [0.15, 0.2) is 5.76 Å². The molecule has 2 atom stereocenters. The molecule has 0 aliphatic carbocycles. The molecule has 1 aromatic carbocycles. The quantitative estimate of drug-likeness (QED) is 0.619. The number of benzene rings is 1. The third-order valence-electron chi connectivity index (χ3n) is 6.37. The maximum Gasteiger partial charge on any atom is 0.289 e. The van der Waals surface area contributed by atoms with Gasteiger partial charge in [0, 0.05) is 37.6 Å². The molecule has 2 aliphatic heterocycles. The highest BCUT2D eigenvalue weighted by Gasteiger charge is 2.33. The SMILES string of the molecule is CC(C)[C@@H]1Nc2nc(nc3ccccc23)CN2CCN(C(=O)c3ccco3)CC2CNC1=O. The fraction of sp³-hybridized carbons (Fsp3) is 0.417. The van der Waals surface area contributed by atoms with E-state index < -0.39 is 6.04 Å². The average molecular weight is 449 g/mol. The van der Waals surface area contributed by atoms with Crippen LogP contribution in [0.3, 0.4) is 0 Å². The molecule has 172 valence electrons. The van der Waals surface area contributed by atoms with Crippen molar-refractivity contribution in [3.05, 3.63) is 54.2 Å². The molecule has 1 saturated heterocycles. The lowest BCUT2D eigenvalue weighted by Gasteiger charge is -2.41. The lowest BCUT2D eigenvalue weighted by atomic mass is 10.0. The molecule has 1 unspecified atom stereocenters. The predicted molar refractivity (Wildman–Crippen MR) is 124 cm³/mol. The van der Waals surface area contributed by atoms with Gasteiger partial charge in [0.05, 0.1) is 18.3 Å². The van der Waals surface area contributed by atoms with E-state index in [0.29, 0.717) is 50.1 Å². The van der Waals surface area contributed by atoms with Crippen LogP contribution in [0.4, 0.5) is 5.82 Å². The zero-order chi connectivity index (χ0) is 22.9. The van der Waals surface area contributed by atoms with E-state index in [2.05, 4.69) is 15.5 Å². The number of carbonyl (C=O) groups excluding carboxylic acids is 2. The number of nitrogens with zero attached hydrogens (tertiary/aromatic N) is 4. The molecule has 2 N–H and O–H groups in total. The molecule has 3 aromatic rings. The molecular weight excluding hydrogens is 420 g/mol. The van der Waals surface area contributed by atoms with Crippen LogP contribution in [0.1, 0.15) is 30.2 Å². The van der Waals surface area contributed by atoms with Crippen LogP contribution in [0.25, 0.3) is 10.9 Å². The molecule has 1 fully saturated rings. The number of hydrogen-bond donors (Lipinski definition) is 2. The molecule has 2 aliphatic rings. The van der Waals surface area contributed by atoms with E-state index in [4.69, 9.17) is 14.4 Å². The van der Waals surface area contributed by atoms with Gasteiger partial charge in [-0.15, -0.1) is 0 Å². The number of furan rings is 1. The summed E-state index contributed by atoms with van der Waals surface area (Å²) >= 11 is 0. The van der Waals surface area contributed by atoms with Crippen LogP contribution in [0.15, 0.2) is 47.1 Å². The van der Waals surface area contributed by atoms with Crippen molar-refractivity contribution < 1.29 is 14.0 Å². The first-order valence-corrected chi connectivity index (χ1v) is 11.4. The second kappa shape index (κ2) is 8.82. The maximum absolute atomic E-state index is 13.2. The highest BCUT2D eigenvalue weighted by molar-refractivity contribution is 5.93. The van der Waals surface area contributed by atoms with Crippen molar-refractivity contribution in [1.29, 1.82) is 0 Å². The standard InChI is InChI=1S/C24H28N6O3/c1-15(2)21-23(31)25-12-16-13-30(24(32)19-8-5-11-33-19)10-9-29(16)14-20-26-18-7-4-3-6-17(18)22(27-20)28-21/h3-8,11,15-16,21H,9-10,12-14H2,1-2H3,(H,25,31)(H,26,27,28)/t16?,21-/m0/s1. The minimum atomic E-state index is -0.438. The zero-order valence-electron chi connectivity index (χ0n) is 18.8. The van der Waals surface area contributed by atoms with Gasteiger partial charge in [-0.05, 0) is 30.2 Å². The van der Waals surface area contributed by atoms with Gasteiger partial charge in [0.2, 0.25) is 5.91 Å². The summed E-state index contributed by atoms with van der Waals surface area (Å²) in [6, 6.07) is 10.7. The lowest BCUT2D eigenvalue weighted by Crippen LogP contribution is -2.58. The Bertz CT molecular complexity index is 1160. The largest absolute Gasteiger partial charge is 0.459 e. The van der Waals surface area contributed by atoms with Crippen LogP contribution in [-0.4, -0.2) is 69.8 Å². The molecule has 9 nitrogen and oxygen atoms in total. The van der Waals surface area contributed by atoms with Crippen LogP contribution in [0, 0.1) is 5.92 Å². The second-order valence-electron chi connectivity index (χ2n) is 8.97. The van der Waals surface area contributed by atoms with Gasteiger partial charge in [-0.2, -0.15) is 0 Å². The number of fused-ring (bicyclic) bond motifs is 5. The van der Waals surface area contributed by atoms with Crippen molar-refractivity contribution in [3.63, 3.8) is 0 Å². The summed E-state index contributed by atoms with van der Waals surface area (Å²) in [7, 11) is 0. The number of nitrogens with one attached hydrogen (secondary N) is 2. The average Bonchev–Trinajstić information content (AvgIpc) is 3.35. The third-order valence-corrected chi connectivity index (χ3v) is 6.37. The zero-order valence-corrected chi connectivity index (χ0v) is 18.8. The van der Waals surface area contributed by atoms with Crippen LogP contribution in [-0.2, 0) is 11.3 Å². The van der Waals surface area contributed by atoms with Crippen LogP contribution < -0.4 is 10.6 Å².